The molecule has 0 saturated carbocycles. The van der Waals surface area contributed by atoms with Crippen molar-refractivity contribution in [2.45, 2.75) is 20.3 Å². The molecule has 18 heavy (non-hydrogen) atoms. The second-order valence-corrected chi connectivity index (χ2v) is 3.38. The van der Waals surface area contributed by atoms with Crippen LogP contribution in [0.25, 0.3) is 0 Å². The minimum Gasteiger partial charge on any atom is -0.478 e. The van der Waals surface area contributed by atoms with Crippen LogP contribution in [0.1, 0.15) is 20.3 Å². The third-order valence-electron chi connectivity index (χ3n) is 1.61. The number of hydrogen-bond acceptors (Lipinski definition) is 3. The van der Waals surface area contributed by atoms with Crippen molar-refractivity contribution in [2.24, 2.45) is 0 Å². The molecule has 0 aliphatic rings. The lowest BCUT2D eigenvalue weighted by atomic mass is 10.2. The summed E-state index contributed by atoms with van der Waals surface area (Å²) in [6.45, 7) is 13.7. The smallest absolute Gasteiger partial charge is 0.333 e. The molecule has 4 nitrogen and oxygen atoms in total. The molecular formula is C14H20O4. The first-order chi connectivity index (χ1) is 8.36. The number of aliphatic carboxylic acids is 1. The van der Waals surface area contributed by atoms with E-state index < -0.39 is 5.97 Å². The van der Waals surface area contributed by atoms with E-state index in [1.165, 1.54) is 6.08 Å². The van der Waals surface area contributed by atoms with Crippen molar-refractivity contribution in [2.75, 3.05) is 6.61 Å². The number of rotatable bonds is 6. The Morgan fingerprint density at radius 2 is 1.78 bits per heavy atom. The van der Waals surface area contributed by atoms with Crippen molar-refractivity contribution in [1.82, 2.24) is 0 Å². The summed E-state index contributed by atoms with van der Waals surface area (Å²) >= 11 is 0. The summed E-state index contributed by atoms with van der Waals surface area (Å²) in [4.78, 5) is 20.6. The summed E-state index contributed by atoms with van der Waals surface area (Å²) in [6, 6.07) is 0. The van der Waals surface area contributed by atoms with Crippen molar-refractivity contribution in [3.8, 4) is 0 Å². The maximum Gasteiger partial charge on any atom is 0.333 e. The molecule has 0 bridgehead atoms. The largest absolute Gasteiger partial charge is 0.478 e. The number of hydrogen-bond donors (Lipinski definition) is 1. The first-order valence-corrected chi connectivity index (χ1v) is 5.31. The van der Waals surface area contributed by atoms with Gasteiger partial charge in [0.05, 0.1) is 0 Å². The Labute approximate surface area is 108 Å². The molecule has 4 heteroatoms. The van der Waals surface area contributed by atoms with Gasteiger partial charge in [0, 0.05) is 11.1 Å². The van der Waals surface area contributed by atoms with Crippen LogP contribution in [0, 0.1) is 0 Å². The lowest BCUT2D eigenvalue weighted by Gasteiger charge is -1.97. The average molecular weight is 252 g/mol. The molecule has 0 rings (SSSR count). The number of ether oxygens (including phenoxy) is 1. The summed E-state index contributed by atoms with van der Waals surface area (Å²) in [5, 5.41) is 8.31. The predicted molar refractivity (Wildman–Crippen MR) is 72.2 cm³/mol. The van der Waals surface area contributed by atoms with E-state index in [9.17, 15) is 9.59 Å². The third kappa shape index (κ3) is 12.0. The quantitative estimate of drug-likeness (QED) is 0.448. The van der Waals surface area contributed by atoms with E-state index in [2.05, 4.69) is 24.5 Å². The maximum absolute atomic E-state index is 10.5. The first-order valence-electron chi connectivity index (χ1n) is 5.31. The molecule has 0 unspecified atom stereocenters. The highest BCUT2D eigenvalue weighted by Gasteiger charge is 1.98. The first kappa shape index (κ1) is 18.3. The van der Waals surface area contributed by atoms with Crippen molar-refractivity contribution in [1.29, 1.82) is 0 Å². The number of carbonyl (C=O) groups is 2. The maximum atomic E-state index is 10.5. The Kier molecular flexibility index (Phi) is 11.6. The van der Waals surface area contributed by atoms with Crippen LogP contribution in [0.3, 0.4) is 0 Å². The van der Waals surface area contributed by atoms with Gasteiger partial charge in [0.1, 0.15) is 6.61 Å². The third-order valence-corrected chi connectivity index (χ3v) is 1.61. The monoisotopic (exact) mass is 252 g/mol. The van der Waals surface area contributed by atoms with Gasteiger partial charge in [0.25, 0.3) is 0 Å². The highest BCUT2D eigenvalue weighted by molar-refractivity contribution is 5.87. The second-order valence-electron chi connectivity index (χ2n) is 3.38. The molecule has 0 spiro atoms. The fourth-order valence-electron chi connectivity index (χ4n) is 0.605. The SMILES string of the molecule is C=CCC=C(C)C(=O)O.C=CCOC(=O)C(=C)C. The Morgan fingerprint density at radius 3 is 2.11 bits per heavy atom. The van der Waals surface area contributed by atoms with E-state index in [1.807, 2.05) is 0 Å². The van der Waals surface area contributed by atoms with Crippen LogP contribution in [0.5, 0.6) is 0 Å². The van der Waals surface area contributed by atoms with Gasteiger partial charge in [0.2, 0.25) is 0 Å². The van der Waals surface area contributed by atoms with E-state index in [0.717, 1.165) is 0 Å². The van der Waals surface area contributed by atoms with Gasteiger partial charge < -0.3 is 9.84 Å². The molecular weight excluding hydrogens is 232 g/mol. The standard InChI is InChI=1S/2C7H10O2/c1-4-5-9-7(8)6(2)3;1-3-4-5-6(2)7(8)9/h4H,1-2,5H2,3H3;3,5H,1,4H2,2H3,(H,8,9). The van der Waals surface area contributed by atoms with Gasteiger partial charge >= 0.3 is 11.9 Å². The number of carboxylic acid groups (broad SMARTS) is 1. The van der Waals surface area contributed by atoms with Gasteiger partial charge in [-0.25, -0.2) is 9.59 Å². The van der Waals surface area contributed by atoms with Crippen molar-refractivity contribution in [3.05, 3.63) is 49.1 Å². The number of allylic oxidation sites excluding steroid dienone is 2. The molecule has 0 aromatic heterocycles. The highest BCUT2D eigenvalue weighted by Crippen LogP contribution is 1.94. The van der Waals surface area contributed by atoms with Crippen LogP contribution in [0.4, 0.5) is 0 Å². The van der Waals surface area contributed by atoms with Gasteiger partial charge in [-0.1, -0.05) is 31.4 Å². The van der Waals surface area contributed by atoms with Crippen LogP contribution in [0.15, 0.2) is 49.1 Å². The van der Waals surface area contributed by atoms with Gasteiger partial charge in [-0.15, -0.1) is 6.58 Å². The Bertz CT molecular complexity index is 351. The summed E-state index contributed by atoms with van der Waals surface area (Å²) in [6.07, 6.45) is 5.42. The van der Waals surface area contributed by atoms with Gasteiger partial charge in [-0.05, 0) is 20.3 Å². The number of esters is 1. The molecule has 0 amide bonds. The molecule has 0 heterocycles. The number of carbonyl (C=O) groups excluding carboxylic acids is 1. The van der Waals surface area contributed by atoms with E-state index >= 15 is 0 Å². The van der Waals surface area contributed by atoms with Gasteiger partial charge in [-0.3, -0.25) is 0 Å². The molecule has 0 aromatic carbocycles. The van der Waals surface area contributed by atoms with Crippen molar-refractivity contribution < 1.29 is 19.4 Å². The fourth-order valence-corrected chi connectivity index (χ4v) is 0.605. The lowest BCUT2D eigenvalue weighted by molar-refractivity contribution is -0.137. The Hall–Kier alpha value is -2.10. The molecule has 0 aromatic rings. The van der Waals surface area contributed by atoms with Gasteiger partial charge in [-0.2, -0.15) is 0 Å². The Morgan fingerprint density at radius 1 is 1.22 bits per heavy atom. The average Bonchev–Trinajstić information content (AvgIpc) is 2.33. The molecule has 100 valence electrons. The van der Waals surface area contributed by atoms with E-state index in [-0.39, 0.29) is 12.6 Å². The highest BCUT2D eigenvalue weighted by atomic mass is 16.5. The molecule has 0 saturated heterocycles. The van der Waals surface area contributed by atoms with Crippen LogP contribution in [-0.2, 0) is 14.3 Å². The van der Waals surface area contributed by atoms with E-state index in [1.54, 1.807) is 26.0 Å². The lowest BCUT2D eigenvalue weighted by Crippen LogP contribution is -2.03. The Balaban J connectivity index is 0. The van der Waals surface area contributed by atoms with Crippen molar-refractivity contribution >= 4 is 11.9 Å². The summed E-state index contributed by atoms with van der Waals surface area (Å²) in [5.41, 5.74) is 0.784. The zero-order chi connectivity index (χ0) is 14.6. The summed E-state index contributed by atoms with van der Waals surface area (Å²) in [5.74, 6) is -1.23. The predicted octanol–water partition coefficient (Wildman–Crippen LogP) is 2.89. The minimum atomic E-state index is -0.864. The molecule has 0 fully saturated rings. The van der Waals surface area contributed by atoms with Crippen LogP contribution in [0.2, 0.25) is 0 Å². The number of carboxylic acids is 1. The molecule has 0 aliphatic heterocycles. The van der Waals surface area contributed by atoms with Crippen LogP contribution < -0.4 is 0 Å². The molecule has 1 N–H and O–H groups in total. The molecule has 0 radical (unpaired) electrons. The topological polar surface area (TPSA) is 63.6 Å². The second kappa shape index (κ2) is 11.4. The zero-order valence-electron chi connectivity index (χ0n) is 10.9. The fraction of sp³-hybridized carbons (Fsp3) is 0.286. The van der Waals surface area contributed by atoms with Crippen LogP contribution in [-0.4, -0.2) is 23.7 Å². The van der Waals surface area contributed by atoms with Crippen LogP contribution >= 0.6 is 0 Å². The summed E-state index contributed by atoms with van der Waals surface area (Å²) in [7, 11) is 0. The van der Waals surface area contributed by atoms with Crippen molar-refractivity contribution in [3.63, 3.8) is 0 Å². The summed E-state index contributed by atoms with van der Waals surface area (Å²) < 4.78 is 4.60. The zero-order valence-corrected chi connectivity index (χ0v) is 10.9. The molecule has 0 atom stereocenters. The van der Waals surface area contributed by atoms with Gasteiger partial charge in [0.15, 0.2) is 0 Å². The molecule has 0 aliphatic carbocycles. The van der Waals surface area contributed by atoms with E-state index in [0.29, 0.717) is 17.6 Å². The minimum absolute atomic E-state index is 0.256. The van der Waals surface area contributed by atoms with E-state index in [4.69, 9.17) is 5.11 Å². The normalized spacial score (nSPS) is 9.56.